The Bertz CT molecular complexity index is 555. The Morgan fingerprint density at radius 2 is 2.18 bits per heavy atom. The fraction of sp³-hybridized carbons (Fsp3) is 0.0833. The number of hydrogen-bond donors (Lipinski definition) is 2. The third-order valence-electron chi connectivity index (χ3n) is 2.20. The Labute approximate surface area is 98.2 Å². The van der Waals surface area contributed by atoms with Gasteiger partial charge in [0.2, 0.25) is 0 Å². The van der Waals surface area contributed by atoms with Gasteiger partial charge in [0.15, 0.2) is 0 Å². The molecule has 0 aliphatic heterocycles. The van der Waals surface area contributed by atoms with E-state index in [1.165, 1.54) is 18.5 Å². The molecule has 2 aromatic heterocycles. The van der Waals surface area contributed by atoms with Crippen LogP contribution in [0.25, 0.3) is 0 Å². The topological polar surface area (TPSA) is 75.1 Å². The number of amides is 1. The largest absolute Gasteiger partial charge is 0.505 e. The van der Waals surface area contributed by atoms with E-state index in [2.05, 4.69) is 15.3 Å². The van der Waals surface area contributed by atoms with Crippen molar-refractivity contribution in [2.75, 3.05) is 5.32 Å². The maximum Gasteiger partial charge on any atom is 0.259 e. The number of aromatic nitrogens is 2. The van der Waals surface area contributed by atoms with Crippen LogP contribution in [0.2, 0.25) is 0 Å². The number of aromatic hydroxyl groups is 1. The molecule has 5 nitrogen and oxygen atoms in total. The second-order valence-electron chi connectivity index (χ2n) is 3.53. The summed E-state index contributed by atoms with van der Waals surface area (Å²) in [4.78, 5) is 19.6. The highest BCUT2D eigenvalue weighted by Gasteiger charge is 2.10. The van der Waals surface area contributed by atoms with Gasteiger partial charge in [0, 0.05) is 23.8 Å². The highest BCUT2D eigenvalue weighted by molar-refractivity contribution is 6.05. The number of hydrogen-bond acceptors (Lipinski definition) is 4. The number of carbonyl (C=O) groups is 1. The van der Waals surface area contributed by atoms with Crippen molar-refractivity contribution >= 4 is 11.6 Å². The SMILES string of the molecule is Cc1cc(NC(=O)c2ccncc2O)ccn1. The van der Waals surface area contributed by atoms with Crippen LogP contribution in [0.3, 0.4) is 0 Å². The molecule has 2 N–H and O–H groups in total. The summed E-state index contributed by atoms with van der Waals surface area (Å²) in [6, 6.07) is 4.89. The maximum atomic E-state index is 11.8. The van der Waals surface area contributed by atoms with E-state index in [0.29, 0.717) is 5.69 Å². The molecule has 0 aliphatic carbocycles. The summed E-state index contributed by atoms with van der Waals surface area (Å²) in [6.45, 7) is 1.83. The van der Waals surface area contributed by atoms with Crippen molar-refractivity contribution in [1.82, 2.24) is 9.97 Å². The molecule has 0 bridgehead atoms. The molecule has 0 fully saturated rings. The number of nitrogens with zero attached hydrogens (tertiary/aromatic N) is 2. The van der Waals surface area contributed by atoms with E-state index >= 15 is 0 Å². The van der Waals surface area contributed by atoms with E-state index < -0.39 is 0 Å². The molecule has 2 aromatic rings. The van der Waals surface area contributed by atoms with Gasteiger partial charge in [-0.1, -0.05) is 0 Å². The lowest BCUT2D eigenvalue weighted by molar-refractivity contribution is 0.102. The molecule has 1 amide bonds. The van der Waals surface area contributed by atoms with Crippen LogP contribution >= 0.6 is 0 Å². The minimum Gasteiger partial charge on any atom is -0.505 e. The molecule has 0 spiro atoms. The van der Waals surface area contributed by atoms with Gasteiger partial charge in [-0.3, -0.25) is 14.8 Å². The van der Waals surface area contributed by atoms with Crippen LogP contribution in [0.4, 0.5) is 5.69 Å². The zero-order valence-corrected chi connectivity index (χ0v) is 9.21. The number of pyridine rings is 2. The number of rotatable bonds is 2. The van der Waals surface area contributed by atoms with Gasteiger partial charge in [0.1, 0.15) is 5.75 Å². The van der Waals surface area contributed by atoms with Crippen LogP contribution in [0.5, 0.6) is 5.75 Å². The van der Waals surface area contributed by atoms with Gasteiger partial charge in [0.05, 0.1) is 11.8 Å². The third kappa shape index (κ3) is 2.57. The molecule has 2 rings (SSSR count). The first kappa shape index (κ1) is 11.1. The Morgan fingerprint density at radius 1 is 1.35 bits per heavy atom. The zero-order chi connectivity index (χ0) is 12.3. The van der Waals surface area contributed by atoms with Crippen LogP contribution in [0, 0.1) is 6.92 Å². The minimum atomic E-state index is -0.379. The van der Waals surface area contributed by atoms with Gasteiger partial charge in [-0.2, -0.15) is 0 Å². The van der Waals surface area contributed by atoms with Crippen LogP contribution in [-0.2, 0) is 0 Å². The highest BCUT2D eigenvalue weighted by Crippen LogP contribution is 2.16. The van der Waals surface area contributed by atoms with Crippen LogP contribution in [0.1, 0.15) is 16.1 Å². The standard InChI is InChI=1S/C12H11N3O2/c1-8-6-9(2-5-14-8)15-12(17)10-3-4-13-7-11(10)16/h2-7,16H,1H3,(H,14,15,17). The van der Waals surface area contributed by atoms with Crippen molar-refractivity contribution in [3.05, 3.63) is 48.0 Å². The Balaban J connectivity index is 2.20. The van der Waals surface area contributed by atoms with E-state index in [9.17, 15) is 9.90 Å². The third-order valence-corrected chi connectivity index (χ3v) is 2.20. The van der Waals surface area contributed by atoms with Crippen LogP contribution < -0.4 is 5.32 Å². The van der Waals surface area contributed by atoms with Crippen LogP contribution in [-0.4, -0.2) is 21.0 Å². The fourth-order valence-electron chi connectivity index (χ4n) is 1.40. The average Bonchev–Trinajstić information content (AvgIpc) is 2.29. The molecule has 0 saturated carbocycles. The van der Waals surface area contributed by atoms with Gasteiger partial charge in [-0.25, -0.2) is 0 Å². The second-order valence-corrected chi connectivity index (χ2v) is 3.53. The van der Waals surface area contributed by atoms with Crippen molar-refractivity contribution in [3.63, 3.8) is 0 Å². The molecule has 0 radical (unpaired) electrons. The quantitative estimate of drug-likeness (QED) is 0.822. The molecule has 2 heterocycles. The Morgan fingerprint density at radius 3 is 2.88 bits per heavy atom. The molecular weight excluding hydrogens is 218 g/mol. The van der Waals surface area contributed by atoms with Crippen molar-refractivity contribution in [3.8, 4) is 5.75 Å². The van der Waals surface area contributed by atoms with Crippen molar-refractivity contribution in [2.24, 2.45) is 0 Å². The lowest BCUT2D eigenvalue weighted by Crippen LogP contribution is -2.12. The normalized spacial score (nSPS) is 9.94. The first-order valence-electron chi connectivity index (χ1n) is 5.04. The number of carbonyl (C=O) groups excluding carboxylic acids is 1. The van der Waals surface area contributed by atoms with Gasteiger partial charge >= 0.3 is 0 Å². The summed E-state index contributed by atoms with van der Waals surface area (Å²) in [5.74, 6) is -0.522. The molecule has 86 valence electrons. The molecule has 0 unspecified atom stereocenters. The van der Waals surface area contributed by atoms with Gasteiger partial charge in [0.25, 0.3) is 5.91 Å². The Hall–Kier alpha value is -2.43. The molecule has 17 heavy (non-hydrogen) atoms. The number of nitrogens with one attached hydrogen (secondary N) is 1. The molecule has 5 heteroatoms. The predicted octanol–water partition coefficient (Wildman–Crippen LogP) is 1.74. The highest BCUT2D eigenvalue weighted by atomic mass is 16.3. The molecule has 0 saturated heterocycles. The first-order chi connectivity index (χ1) is 8.16. The summed E-state index contributed by atoms with van der Waals surface area (Å²) in [5.41, 5.74) is 1.63. The summed E-state index contributed by atoms with van der Waals surface area (Å²) >= 11 is 0. The summed E-state index contributed by atoms with van der Waals surface area (Å²) in [5, 5.41) is 12.2. The second kappa shape index (κ2) is 4.61. The average molecular weight is 229 g/mol. The van der Waals surface area contributed by atoms with Gasteiger partial charge < -0.3 is 10.4 Å². The predicted molar refractivity (Wildman–Crippen MR) is 62.8 cm³/mol. The first-order valence-corrected chi connectivity index (χ1v) is 5.04. The maximum absolute atomic E-state index is 11.8. The Kier molecular flexibility index (Phi) is 3.00. The van der Waals surface area contributed by atoms with Gasteiger partial charge in [-0.05, 0) is 25.1 Å². The minimum absolute atomic E-state index is 0.143. The van der Waals surface area contributed by atoms with Crippen LogP contribution in [0.15, 0.2) is 36.8 Å². The fourth-order valence-corrected chi connectivity index (χ4v) is 1.40. The lowest BCUT2D eigenvalue weighted by atomic mass is 10.2. The van der Waals surface area contributed by atoms with E-state index in [1.807, 2.05) is 6.92 Å². The van der Waals surface area contributed by atoms with E-state index in [0.717, 1.165) is 5.69 Å². The summed E-state index contributed by atoms with van der Waals surface area (Å²) in [7, 11) is 0. The number of aryl methyl sites for hydroxylation is 1. The van der Waals surface area contributed by atoms with Crippen molar-refractivity contribution in [2.45, 2.75) is 6.92 Å². The van der Waals surface area contributed by atoms with Gasteiger partial charge in [-0.15, -0.1) is 0 Å². The van der Waals surface area contributed by atoms with E-state index in [4.69, 9.17) is 0 Å². The van der Waals surface area contributed by atoms with E-state index in [-0.39, 0.29) is 17.2 Å². The molecule has 0 aromatic carbocycles. The molecule has 0 aliphatic rings. The lowest BCUT2D eigenvalue weighted by Gasteiger charge is -2.06. The van der Waals surface area contributed by atoms with Crippen molar-refractivity contribution < 1.29 is 9.90 Å². The molecular formula is C12H11N3O2. The monoisotopic (exact) mass is 229 g/mol. The number of anilines is 1. The van der Waals surface area contributed by atoms with E-state index in [1.54, 1.807) is 18.3 Å². The van der Waals surface area contributed by atoms with Crippen molar-refractivity contribution in [1.29, 1.82) is 0 Å². The summed E-state index contributed by atoms with van der Waals surface area (Å²) in [6.07, 6.45) is 4.29. The zero-order valence-electron chi connectivity index (χ0n) is 9.21. The molecule has 0 atom stereocenters. The smallest absolute Gasteiger partial charge is 0.259 e. The summed E-state index contributed by atoms with van der Waals surface area (Å²) < 4.78 is 0.